The van der Waals surface area contributed by atoms with Crippen LogP contribution in [0, 0.1) is 10.1 Å². The van der Waals surface area contributed by atoms with Gasteiger partial charge in [0.1, 0.15) is 6.04 Å². The van der Waals surface area contributed by atoms with Gasteiger partial charge in [-0.1, -0.05) is 0 Å². The van der Waals surface area contributed by atoms with E-state index in [2.05, 4.69) is 0 Å². The Morgan fingerprint density at radius 2 is 1.91 bits per heavy atom. The van der Waals surface area contributed by atoms with E-state index in [1.807, 2.05) is 0 Å². The van der Waals surface area contributed by atoms with Gasteiger partial charge in [-0.15, -0.1) is 0 Å². The highest BCUT2D eigenvalue weighted by atomic mass is 32.2. The van der Waals surface area contributed by atoms with Gasteiger partial charge in [-0.3, -0.25) is 14.9 Å². The summed E-state index contributed by atoms with van der Waals surface area (Å²) < 4.78 is 63.8. The Balaban J connectivity index is 3.59. The number of aliphatic carboxylic acids is 1. The van der Waals surface area contributed by atoms with E-state index < -0.39 is 49.3 Å². The summed E-state index contributed by atoms with van der Waals surface area (Å²) in [6, 6.07) is -0.508. The number of sulfonamides is 1. The van der Waals surface area contributed by atoms with Crippen molar-refractivity contribution in [3.05, 3.63) is 33.9 Å². The quantitative estimate of drug-likeness (QED) is 0.634. The maximum absolute atomic E-state index is 13.0. The van der Waals surface area contributed by atoms with E-state index in [0.29, 0.717) is 12.1 Å². The predicted octanol–water partition coefficient (Wildman–Crippen LogP) is 1.71. The van der Waals surface area contributed by atoms with Gasteiger partial charge in [0.2, 0.25) is 10.0 Å². The van der Waals surface area contributed by atoms with Crippen LogP contribution < -0.4 is 0 Å². The highest BCUT2D eigenvalue weighted by Crippen LogP contribution is 2.37. The fourth-order valence-electron chi connectivity index (χ4n) is 1.60. The van der Waals surface area contributed by atoms with Crippen LogP contribution in [-0.4, -0.2) is 41.8 Å². The number of rotatable bonds is 5. The molecule has 23 heavy (non-hydrogen) atoms. The van der Waals surface area contributed by atoms with Crippen molar-refractivity contribution in [2.24, 2.45) is 0 Å². The van der Waals surface area contributed by atoms with Gasteiger partial charge in [-0.05, 0) is 13.0 Å². The van der Waals surface area contributed by atoms with Crippen LogP contribution in [0.2, 0.25) is 0 Å². The van der Waals surface area contributed by atoms with Crippen LogP contribution in [0.5, 0.6) is 0 Å². The molecule has 0 saturated carbocycles. The molecule has 1 rings (SSSR count). The monoisotopic (exact) mass is 356 g/mol. The van der Waals surface area contributed by atoms with Crippen molar-refractivity contribution in [3.8, 4) is 0 Å². The lowest BCUT2D eigenvalue weighted by Crippen LogP contribution is -2.40. The number of hydrogen-bond donors (Lipinski definition) is 1. The fraction of sp³-hybridized carbons (Fsp3) is 0.364. The third-order valence-electron chi connectivity index (χ3n) is 3.04. The maximum Gasteiger partial charge on any atom is 0.417 e. The van der Waals surface area contributed by atoms with E-state index in [1.54, 1.807) is 0 Å². The Morgan fingerprint density at radius 1 is 1.39 bits per heavy atom. The summed E-state index contributed by atoms with van der Waals surface area (Å²) in [5.74, 6) is -1.56. The Morgan fingerprint density at radius 3 is 2.30 bits per heavy atom. The molecule has 0 aromatic heterocycles. The first-order valence-corrected chi connectivity index (χ1v) is 7.30. The largest absolute Gasteiger partial charge is 0.480 e. The van der Waals surface area contributed by atoms with Crippen LogP contribution in [0.1, 0.15) is 12.5 Å². The molecular formula is C11H11F3N2O6S. The second kappa shape index (κ2) is 6.12. The van der Waals surface area contributed by atoms with Gasteiger partial charge in [0.15, 0.2) is 0 Å². The number of nitro groups is 1. The highest BCUT2D eigenvalue weighted by molar-refractivity contribution is 7.89. The molecule has 8 nitrogen and oxygen atoms in total. The lowest BCUT2D eigenvalue weighted by atomic mass is 10.2. The SMILES string of the molecule is CC(C(=O)O)N(C)S(=O)(=O)c1ccc([N+](=O)[O-])cc1C(F)(F)F. The molecule has 128 valence electrons. The third-order valence-corrected chi connectivity index (χ3v) is 5.03. The first kappa shape index (κ1) is 18.8. The van der Waals surface area contributed by atoms with Crippen molar-refractivity contribution < 1.29 is 36.4 Å². The average Bonchev–Trinajstić information content (AvgIpc) is 2.43. The third kappa shape index (κ3) is 3.76. The van der Waals surface area contributed by atoms with Crippen LogP contribution in [-0.2, 0) is 21.0 Å². The molecule has 0 aliphatic carbocycles. The van der Waals surface area contributed by atoms with Crippen LogP contribution in [0.25, 0.3) is 0 Å². The summed E-state index contributed by atoms with van der Waals surface area (Å²) in [4.78, 5) is 19.0. The normalized spacial score (nSPS) is 13.8. The van der Waals surface area contributed by atoms with E-state index in [1.165, 1.54) is 0 Å². The standard InChI is InChI=1S/C11H11F3N2O6S/c1-6(10(17)18)15(2)23(21,22)9-4-3-7(16(19)20)5-8(9)11(12,13)14/h3-6H,1-2H3,(H,17,18). The van der Waals surface area contributed by atoms with Crippen molar-refractivity contribution in [2.75, 3.05) is 7.05 Å². The van der Waals surface area contributed by atoms with Crippen molar-refractivity contribution in [1.29, 1.82) is 0 Å². The molecule has 0 aliphatic heterocycles. The lowest BCUT2D eigenvalue weighted by molar-refractivity contribution is -0.385. The highest BCUT2D eigenvalue weighted by Gasteiger charge is 2.41. The number of likely N-dealkylation sites (N-methyl/N-ethyl adjacent to an activating group) is 1. The summed E-state index contributed by atoms with van der Waals surface area (Å²) in [7, 11) is -4.03. The van der Waals surface area contributed by atoms with E-state index in [-0.39, 0.29) is 10.4 Å². The zero-order valence-corrected chi connectivity index (χ0v) is 12.6. The molecule has 1 unspecified atom stereocenters. The Kier molecular flexibility index (Phi) is 5.01. The minimum absolute atomic E-state index is 0.0894. The zero-order chi connectivity index (χ0) is 18.2. The zero-order valence-electron chi connectivity index (χ0n) is 11.7. The molecule has 1 aromatic carbocycles. The number of carbonyl (C=O) groups is 1. The van der Waals surface area contributed by atoms with Crippen molar-refractivity contribution in [1.82, 2.24) is 4.31 Å². The molecule has 0 heterocycles. The van der Waals surface area contributed by atoms with Gasteiger partial charge in [0.05, 0.1) is 15.4 Å². The lowest BCUT2D eigenvalue weighted by Gasteiger charge is -2.23. The summed E-state index contributed by atoms with van der Waals surface area (Å²) >= 11 is 0. The van der Waals surface area contributed by atoms with E-state index in [4.69, 9.17) is 5.11 Å². The summed E-state index contributed by atoms with van der Waals surface area (Å²) in [6.45, 7) is 0.971. The van der Waals surface area contributed by atoms with Crippen molar-refractivity contribution >= 4 is 21.7 Å². The smallest absolute Gasteiger partial charge is 0.417 e. The molecule has 1 aromatic rings. The predicted molar refractivity (Wildman–Crippen MR) is 70.1 cm³/mol. The Labute approximate surface area is 128 Å². The Bertz CT molecular complexity index is 747. The number of alkyl halides is 3. The van der Waals surface area contributed by atoms with Gasteiger partial charge in [0.25, 0.3) is 5.69 Å². The number of nitro benzene ring substituents is 1. The summed E-state index contributed by atoms with van der Waals surface area (Å²) in [5, 5.41) is 19.4. The van der Waals surface area contributed by atoms with Crippen LogP contribution >= 0.6 is 0 Å². The van der Waals surface area contributed by atoms with Gasteiger partial charge in [0, 0.05) is 19.2 Å². The first-order valence-electron chi connectivity index (χ1n) is 5.86. The number of carboxylic acid groups (broad SMARTS) is 1. The molecule has 0 aliphatic rings. The second-order valence-electron chi connectivity index (χ2n) is 4.47. The summed E-state index contributed by atoms with van der Waals surface area (Å²) in [6.07, 6.45) is -5.18. The number of halogens is 3. The molecule has 0 fully saturated rings. The van der Waals surface area contributed by atoms with Gasteiger partial charge in [-0.25, -0.2) is 8.42 Å². The van der Waals surface area contributed by atoms with Crippen molar-refractivity contribution in [3.63, 3.8) is 0 Å². The molecule has 1 atom stereocenters. The topological polar surface area (TPSA) is 118 Å². The average molecular weight is 356 g/mol. The first-order chi connectivity index (χ1) is 10.3. The molecule has 12 heteroatoms. The number of nitrogens with zero attached hydrogens (tertiary/aromatic N) is 2. The van der Waals surface area contributed by atoms with E-state index >= 15 is 0 Å². The van der Waals surface area contributed by atoms with Gasteiger partial charge >= 0.3 is 12.1 Å². The number of benzene rings is 1. The molecule has 0 bridgehead atoms. The van der Waals surface area contributed by atoms with Crippen LogP contribution in [0.15, 0.2) is 23.1 Å². The fourth-order valence-corrected chi connectivity index (χ4v) is 3.11. The van der Waals surface area contributed by atoms with Gasteiger partial charge < -0.3 is 5.11 Å². The van der Waals surface area contributed by atoms with E-state index in [9.17, 15) is 36.5 Å². The minimum atomic E-state index is -5.18. The van der Waals surface area contributed by atoms with Crippen LogP contribution in [0.4, 0.5) is 18.9 Å². The molecule has 0 saturated heterocycles. The van der Waals surface area contributed by atoms with Crippen LogP contribution in [0.3, 0.4) is 0 Å². The van der Waals surface area contributed by atoms with Gasteiger partial charge in [-0.2, -0.15) is 17.5 Å². The number of hydrogen-bond acceptors (Lipinski definition) is 5. The number of non-ortho nitro benzene ring substituents is 1. The maximum atomic E-state index is 13.0. The molecule has 0 amide bonds. The second-order valence-corrected chi connectivity index (χ2v) is 6.44. The molecule has 0 radical (unpaired) electrons. The summed E-state index contributed by atoms with van der Waals surface area (Å²) in [5.41, 5.74) is -2.68. The molecular weight excluding hydrogens is 345 g/mol. The number of carboxylic acids is 1. The molecule has 1 N–H and O–H groups in total. The van der Waals surface area contributed by atoms with E-state index in [0.717, 1.165) is 14.0 Å². The Hall–Kier alpha value is -2.21. The molecule has 0 spiro atoms. The minimum Gasteiger partial charge on any atom is -0.480 e. The van der Waals surface area contributed by atoms with Crippen molar-refractivity contribution in [2.45, 2.75) is 24.0 Å².